The van der Waals surface area contributed by atoms with Gasteiger partial charge in [-0.1, -0.05) is 43.7 Å². The summed E-state index contributed by atoms with van der Waals surface area (Å²) in [5.74, 6) is 6.23. The lowest BCUT2D eigenvalue weighted by molar-refractivity contribution is -0.137. The Morgan fingerprint density at radius 1 is 1.09 bits per heavy atom. The number of amides is 2. The number of piperidine rings is 1. The highest BCUT2D eigenvalue weighted by Gasteiger charge is 2.48. The number of imidazole rings is 1. The number of aliphatic hydroxyl groups excluding tert-OH is 2. The Morgan fingerprint density at radius 2 is 1.84 bits per heavy atom. The molecule has 2 aromatic heterocycles. The van der Waals surface area contributed by atoms with Crippen molar-refractivity contribution in [3.05, 3.63) is 48.0 Å². The van der Waals surface area contributed by atoms with E-state index in [0.29, 0.717) is 30.9 Å². The number of nitrogens with two attached hydrogens (primary N) is 1. The van der Waals surface area contributed by atoms with Gasteiger partial charge in [0.05, 0.1) is 6.33 Å². The lowest BCUT2D eigenvalue weighted by atomic mass is 9.94. The van der Waals surface area contributed by atoms with E-state index in [9.17, 15) is 19.8 Å². The van der Waals surface area contributed by atoms with Gasteiger partial charge in [-0.2, -0.15) is 0 Å². The van der Waals surface area contributed by atoms with Gasteiger partial charge in [-0.05, 0) is 43.1 Å². The number of aliphatic hydroxyl groups is 2. The van der Waals surface area contributed by atoms with Crippen LogP contribution < -0.4 is 11.1 Å². The summed E-state index contributed by atoms with van der Waals surface area (Å²) in [5.41, 5.74) is 7.64. The van der Waals surface area contributed by atoms with Gasteiger partial charge in [0.15, 0.2) is 23.8 Å². The molecule has 4 atom stereocenters. The molecule has 3 fully saturated rings. The second kappa shape index (κ2) is 12.9. The van der Waals surface area contributed by atoms with Crippen LogP contribution in [0.3, 0.4) is 0 Å². The van der Waals surface area contributed by atoms with Crippen molar-refractivity contribution < 1.29 is 29.3 Å². The van der Waals surface area contributed by atoms with Crippen LogP contribution in [-0.4, -0.2) is 84.1 Å². The van der Waals surface area contributed by atoms with Crippen LogP contribution in [0.2, 0.25) is 0 Å². The molecule has 1 unspecified atom stereocenters. The first-order chi connectivity index (χ1) is 20.4. The first kappa shape index (κ1) is 30.2. The van der Waals surface area contributed by atoms with Crippen LogP contribution in [0.1, 0.15) is 57.1 Å². The number of likely N-dealkylation sites (tertiary alicyclic amines) is 1. The van der Waals surface area contributed by atoms with Gasteiger partial charge in [0.2, 0.25) is 5.82 Å². The zero-order valence-corrected chi connectivity index (χ0v) is 22.9. The number of nitrogen functional groups attached to an aromatic ring is 1. The van der Waals surface area contributed by atoms with Crippen molar-refractivity contribution in [2.24, 2.45) is 5.92 Å². The maximum Gasteiger partial charge on any atom is 0.410 e. The highest BCUT2D eigenvalue weighted by molar-refractivity contribution is 5.83. The van der Waals surface area contributed by atoms with Crippen LogP contribution in [0.25, 0.3) is 11.2 Å². The summed E-state index contributed by atoms with van der Waals surface area (Å²) in [6, 6.07) is 9.67. The largest absolute Gasteiger partial charge is 0.445 e. The predicted molar refractivity (Wildman–Crippen MR) is 156 cm³/mol. The highest BCUT2D eigenvalue weighted by atomic mass is 16.6. The summed E-state index contributed by atoms with van der Waals surface area (Å²) in [6.45, 7) is 1.45. The van der Waals surface area contributed by atoms with Gasteiger partial charge in [0.25, 0.3) is 5.91 Å². The third-order valence-corrected chi connectivity index (χ3v) is 7.81. The van der Waals surface area contributed by atoms with Crippen LogP contribution in [0, 0.1) is 17.8 Å². The Labute approximate surface area is 249 Å². The zero-order chi connectivity index (χ0) is 29.2. The molecular formula is C30H37N7O6. The molecule has 6 rings (SSSR count). The molecule has 0 bridgehead atoms. The highest BCUT2D eigenvalue weighted by Crippen LogP contribution is 2.33. The summed E-state index contributed by atoms with van der Waals surface area (Å²) >= 11 is 0. The third kappa shape index (κ3) is 6.72. The first-order valence-electron chi connectivity index (χ1n) is 14.1. The fourth-order valence-electron chi connectivity index (χ4n) is 5.20. The standard InChI is InChI=1S/C29H33N7O6.CH4/c30-25-21-26(36(16-31-21)28-23(38)22(37)24(42-28)27(39)32-19-9-10-19)34-20(33-25)8-4-7-17-11-13-35(14-12-17)29(40)41-15-18-5-2-1-3-6-18;/h1-3,5-6,16-17,19,22-24,28,37-38H,7,9-15H2,(H,32,39)(H2,30,33,34);1H4/t22-,23?,24+,28-;/m1./s1. The van der Waals surface area contributed by atoms with Crippen molar-refractivity contribution in [3.63, 3.8) is 0 Å². The number of hydrogen-bond acceptors (Lipinski definition) is 10. The van der Waals surface area contributed by atoms with E-state index in [-0.39, 0.29) is 43.5 Å². The number of hydrogen-bond donors (Lipinski definition) is 4. The molecule has 13 nitrogen and oxygen atoms in total. The van der Waals surface area contributed by atoms with Crippen LogP contribution in [0.5, 0.6) is 0 Å². The Kier molecular flexibility index (Phi) is 9.10. The van der Waals surface area contributed by atoms with Crippen molar-refractivity contribution >= 4 is 29.0 Å². The fourth-order valence-corrected chi connectivity index (χ4v) is 5.20. The molecule has 0 radical (unpaired) electrons. The van der Waals surface area contributed by atoms with Crippen LogP contribution in [0.4, 0.5) is 10.6 Å². The summed E-state index contributed by atoms with van der Waals surface area (Å²) < 4.78 is 12.6. The quantitative estimate of drug-likeness (QED) is 0.309. The lowest BCUT2D eigenvalue weighted by Crippen LogP contribution is -2.43. The molecule has 0 spiro atoms. The molecular weight excluding hydrogens is 554 g/mol. The monoisotopic (exact) mass is 591 g/mol. The number of aromatic nitrogens is 4. The molecule has 4 heterocycles. The molecule has 1 aromatic carbocycles. The first-order valence-corrected chi connectivity index (χ1v) is 14.1. The number of nitrogens with one attached hydrogen (secondary N) is 1. The Bertz CT molecular complexity index is 1510. The van der Waals surface area contributed by atoms with E-state index in [1.165, 1.54) is 10.9 Å². The number of ether oxygens (including phenoxy) is 2. The number of nitrogens with zero attached hydrogens (tertiary/aromatic N) is 5. The second-order valence-electron chi connectivity index (χ2n) is 10.9. The van der Waals surface area contributed by atoms with Gasteiger partial charge < -0.3 is 35.6 Å². The summed E-state index contributed by atoms with van der Waals surface area (Å²) in [7, 11) is 0. The van der Waals surface area contributed by atoms with E-state index in [1.807, 2.05) is 30.3 Å². The van der Waals surface area contributed by atoms with Gasteiger partial charge in [-0.15, -0.1) is 0 Å². The normalized spacial score (nSPS) is 23.7. The van der Waals surface area contributed by atoms with Crippen LogP contribution >= 0.6 is 0 Å². The second-order valence-corrected chi connectivity index (χ2v) is 10.9. The van der Waals surface area contributed by atoms with E-state index in [4.69, 9.17) is 15.2 Å². The summed E-state index contributed by atoms with van der Waals surface area (Å²) in [5, 5.41) is 24.0. The smallest absolute Gasteiger partial charge is 0.410 e. The third-order valence-electron chi connectivity index (χ3n) is 7.81. The van der Waals surface area contributed by atoms with Crippen molar-refractivity contribution in [1.82, 2.24) is 29.7 Å². The summed E-state index contributed by atoms with van der Waals surface area (Å²) in [4.78, 5) is 39.6. The number of carbonyl (C=O) groups excluding carboxylic acids is 2. The zero-order valence-electron chi connectivity index (χ0n) is 22.9. The fraction of sp³-hybridized carbons (Fsp3) is 0.500. The lowest BCUT2D eigenvalue weighted by Gasteiger charge is -2.30. The van der Waals surface area contributed by atoms with E-state index in [1.54, 1.807) is 4.90 Å². The van der Waals surface area contributed by atoms with Gasteiger partial charge in [0, 0.05) is 25.6 Å². The van der Waals surface area contributed by atoms with Crippen LogP contribution in [-0.2, 0) is 20.9 Å². The topological polar surface area (TPSA) is 178 Å². The van der Waals surface area contributed by atoms with Gasteiger partial charge in [-0.25, -0.2) is 19.7 Å². The number of carbonyl (C=O) groups is 2. The average molecular weight is 592 g/mol. The van der Waals surface area contributed by atoms with Crippen molar-refractivity contribution in [2.45, 2.75) is 76.7 Å². The van der Waals surface area contributed by atoms with Crippen LogP contribution in [0.15, 0.2) is 36.7 Å². The summed E-state index contributed by atoms with van der Waals surface area (Å²) in [6.07, 6.45) is -0.0710. The number of rotatable bonds is 6. The van der Waals surface area contributed by atoms with Crippen molar-refractivity contribution in [2.75, 3.05) is 18.8 Å². The van der Waals surface area contributed by atoms with Crippen molar-refractivity contribution in [1.29, 1.82) is 0 Å². The minimum atomic E-state index is -1.42. The molecule has 2 saturated heterocycles. The molecule has 3 aromatic rings. The minimum absolute atomic E-state index is 0. The Balaban J connectivity index is 0.00000368. The number of fused-ring (bicyclic) bond motifs is 1. The van der Waals surface area contributed by atoms with Crippen molar-refractivity contribution in [3.8, 4) is 11.8 Å². The SMILES string of the molecule is C.Nc1nc(C#CCC2CCN(C(=O)OCc3ccccc3)CC2)nc2c1ncn2[C@@H]1O[C@H](C(=O)NC2CC2)[C@H](O)C1O. The minimum Gasteiger partial charge on any atom is -0.445 e. The molecule has 2 amide bonds. The molecule has 228 valence electrons. The predicted octanol–water partition coefficient (Wildman–Crippen LogP) is 1.73. The Morgan fingerprint density at radius 3 is 2.56 bits per heavy atom. The van der Waals surface area contributed by atoms with E-state index < -0.39 is 30.4 Å². The molecule has 3 aliphatic rings. The number of benzene rings is 1. The molecule has 43 heavy (non-hydrogen) atoms. The maximum absolute atomic E-state index is 12.5. The molecule has 1 aliphatic carbocycles. The van der Waals surface area contributed by atoms with E-state index in [2.05, 4.69) is 32.1 Å². The molecule has 13 heteroatoms. The molecule has 5 N–H and O–H groups in total. The average Bonchev–Trinajstić information content (AvgIpc) is 3.63. The Hall–Kier alpha value is -4.25. The van der Waals surface area contributed by atoms with E-state index in [0.717, 1.165) is 31.2 Å². The number of anilines is 1. The van der Waals surface area contributed by atoms with Gasteiger partial charge in [-0.3, -0.25) is 9.36 Å². The van der Waals surface area contributed by atoms with E-state index >= 15 is 0 Å². The van der Waals surface area contributed by atoms with Gasteiger partial charge in [0.1, 0.15) is 24.3 Å². The molecule has 2 aliphatic heterocycles. The van der Waals surface area contributed by atoms with Gasteiger partial charge >= 0.3 is 6.09 Å². The molecule has 1 saturated carbocycles. The maximum atomic E-state index is 12.5.